The normalized spacial score (nSPS) is 9.50. The van der Waals surface area contributed by atoms with Gasteiger partial charge in [0.05, 0.1) is 5.69 Å². The van der Waals surface area contributed by atoms with Crippen molar-refractivity contribution in [2.75, 3.05) is 5.32 Å². The van der Waals surface area contributed by atoms with Gasteiger partial charge in [0.1, 0.15) is 0 Å². The first kappa shape index (κ1) is 11.9. The summed E-state index contributed by atoms with van der Waals surface area (Å²) in [5, 5.41) is 12.6. The van der Waals surface area contributed by atoms with Gasteiger partial charge in [-0.25, -0.2) is 0 Å². The van der Waals surface area contributed by atoms with Crippen molar-refractivity contribution in [3.05, 3.63) is 29.8 Å². The second kappa shape index (κ2) is 5.65. The van der Waals surface area contributed by atoms with E-state index in [9.17, 15) is 19.5 Å². The van der Waals surface area contributed by atoms with Crippen molar-refractivity contribution in [1.82, 2.24) is 0 Å². The molecule has 0 aliphatic heterocycles. The van der Waals surface area contributed by atoms with Crippen LogP contribution < -0.4 is 10.4 Å². The molecule has 0 aliphatic carbocycles. The van der Waals surface area contributed by atoms with Gasteiger partial charge in [0.25, 0.3) is 0 Å². The number of hydrogen-bond donors (Lipinski definition) is 1. The van der Waals surface area contributed by atoms with Crippen LogP contribution in [0, 0.1) is 0 Å². The van der Waals surface area contributed by atoms with Gasteiger partial charge < -0.3 is 15.2 Å². The topological polar surface area (TPSA) is 86.3 Å². The van der Waals surface area contributed by atoms with Crippen LogP contribution in [-0.2, 0) is 9.59 Å². The van der Waals surface area contributed by atoms with E-state index in [4.69, 9.17) is 0 Å². The Morgan fingerprint density at radius 1 is 1.25 bits per heavy atom. The minimum Gasteiger partial charge on any atom is -0.550 e. The maximum Gasteiger partial charge on any atom is 0.211 e. The Hall–Kier alpha value is -2.17. The van der Waals surface area contributed by atoms with Crippen LogP contribution in [-0.4, -0.2) is 18.2 Å². The van der Waals surface area contributed by atoms with E-state index in [0.717, 1.165) is 0 Å². The number of carbonyl (C=O) groups is 3. The number of para-hydroxylation sites is 1. The van der Waals surface area contributed by atoms with Gasteiger partial charge in [0.15, 0.2) is 5.78 Å². The Morgan fingerprint density at radius 3 is 2.56 bits per heavy atom. The zero-order valence-electron chi connectivity index (χ0n) is 8.43. The molecule has 84 valence electrons. The monoisotopic (exact) mass is 220 g/mol. The summed E-state index contributed by atoms with van der Waals surface area (Å²) in [5.41, 5.74) is 0.677. The Kier molecular flexibility index (Phi) is 4.20. The third kappa shape index (κ3) is 3.20. The summed E-state index contributed by atoms with van der Waals surface area (Å²) >= 11 is 0. The van der Waals surface area contributed by atoms with Gasteiger partial charge in [0.2, 0.25) is 6.41 Å². The molecule has 5 heteroatoms. The number of carboxylic acid groups (broad SMARTS) is 1. The number of rotatable bonds is 6. The first-order valence-corrected chi connectivity index (χ1v) is 4.67. The molecule has 0 bridgehead atoms. The molecular weight excluding hydrogens is 210 g/mol. The van der Waals surface area contributed by atoms with Crippen molar-refractivity contribution >= 4 is 23.9 Å². The summed E-state index contributed by atoms with van der Waals surface area (Å²) in [5.74, 6) is -1.61. The SMILES string of the molecule is O=CNc1ccccc1C(=O)CCC(=O)[O-]. The molecule has 0 atom stereocenters. The van der Waals surface area contributed by atoms with E-state index in [0.29, 0.717) is 17.7 Å². The number of anilines is 1. The van der Waals surface area contributed by atoms with E-state index in [1.807, 2.05) is 0 Å². The zero-order chi connectivity index (χ0) is 12.0. The van der Waals surface area contributed by atoms with Gasteiger partial charge in [0, 0.05) is 18.0 Å². The van der Waals surface area contributed by atoms with Crippen LogP contribution in [0.4, 0.5) is 5.69 Å². The molecule has 1 N–H and O–H groups in total. The van der Waals surface area contributed by atoms with Crippen LogP contribution in [0.2, 0.25) is 0 Å². The third-order valence-electron chi connectivity index (χ3n) is 2.00. The van der Waals surface area contributed by atoms with E-state index in [2.05, 4.69) is 5.32 Å². The molecule has 0 aliphatic rings. The van der Waals surface area contributed by atoms with Crippen LogP contribution in [0.3, 0.4) is 0 Å². The third-order valence-corrected chi connectivity index (χ3v) is 2.00. The summed E-state index contributed by atoms with van der Waals surface area (Å²) < 4.78 is 0. The molecule has 16 heavy (non-hydrogen) atoms. The van der Waals surface area contributed by atoms with E-state index in [1.165, 1.54) is 6.07 Å². The lowest BCUT2D eigenvalue weighted by atomic mass is 10.0. The molecule has 5 nitrogen and oxygen atoms in total. The number of Topliss-reactive ketones (excluding diaryl/α,β-unsaturated/α-hetero) is 1. The van der Waals surface area contributed by atoms with Crippen molar-refractivity contribution in [2.24, 2.45) is 0 Å². The number of benzene rings is 1. The first-order valence-electron chi connectivity index (χ1n) is 4.67. The minimum atomic E-state index is -1.27. The van der Waals surface area contributed by atoms with Gasteiger partial charge in [-0.15, -0.1) is 0 Å². The molecule has 0 saturated heterocycles. The summed E-state index contributed by atoms with van der Waals surface area (Å²) in [6.07, 6.45) is -0.000987. The summed E-state index contributed by atoms with van der Waals surface area (Å²) in [6.45, 7) is 0. The van der Waals surface area contributed by atoms with Gasteiger partial charge >= 0.3 is 0 Å². The summed E-state index contributed by atoms with van der Waals surface area (Å²) in [4.78, 5) is 32.1. The largest absolute Gasteiger partial charge is 0.550 e. The molecule has 1 rings (SSSR count). The average Bonchev–Trinajstić information content (AvgIpc) is 2.27. The second-order valence-electron chi connectivity index (χ2n) is 3.10. The highest BCUT2D eigenvalue weighted by Gasteiger charge is 2.10. The average molecular weight is 220 g/mol. The standard InChI is InChI=1S/C11H11NO4/c13-7-12-9-4-2-1-3-8(9)10(14)5-6-11(15)16/h1-4,7H,5-6H2,(H,12,13)(H,15,16)/p-1. The van der Waals surface area contributed by atoms with E-state index in [-0.39, 0.29) is 18.6 Å². The van der Waals surface area contributed by atoms with Gasteiger partial charge in [-0.1, -0.05) is 12.1 Å². The Morgan fingerprint density at radius 2 is 1.94 bits per heavy atom. The number of carboxylic acids is 1. The number of aliphatic carboxylic acids is 1. The molecule has 0 radical (unpaired) electrons. The molecule has 0 spiro atoms. The number of ketones is 1. The van der Waals surface area contributed by atoms with E-state index < -0.39 is 5.97 Å². The molecule has 0 unspecified atom stereocenters. The molecule has 0 fully saturated rings. The van der Waals surface area contributed by atoms with Crippen LogP contribution in [0.15, 0.2) is 24.3 Å². The Labute approximate surface area is 92.1 Å². The van der Waals surface area contributed by atoms with E-state index >= 15 is 0 Å². The van der Waals surface area contributed by atoms with Gasteiger partial charge in [-0.3, -0.25) is 9.59 Å². The number of amides is 1. The summed E-state index contributed by atoms with van der Waals surface area (Å²) in [7, 11) is 0. The molecule has 1 aromatic carbocycles. The number of carbonyl (C=O) groups excluding carboxylic acids is 3. The maximum absolute atomic E-state index is 11.6. The lowest BCUT2D eigenvalue weighted by Gasteiger charge is -2.07. The molecular formula is C11H10NO4-. The molecule has 0 heterocycles. The van der Waals surface area contributed by atoms with Gasteiger partial charge in [-0.2, -0.15) is 0 Å². The van der Waals surface area contributed by atoms with Gasteiger partial charge in [-0.05, 0) is 18.6 Å². The molecule has 1 amide bonds. The number of nitrogens with one attached hydrogen (secondary N) is 1. The second-order valence-corrected chi connectivity index (χ2v) is 3.10. The first-order chi connectivity index (χ1) is 7.65. The highest BCUT2D eigenvalue weighted by atomic mass is 16.4. The fraction of sp³-hybridized carbons (Fsp3) is 0.182. The van der Waals surface area contributed by atoms with Crippen LogP contribution in [0.25, 0.3) is 0 Å². The molecule has 0 saturated carbocycles. The van der Waals surface area contributed by atoms with Crippen molar-refractivity contribution in [2.45, 2.75) is 12.8 Å². The van der Waals surface area contributed by atoms with Crippen molar-refractivity contribution in [1.29, 1.82) is 0 Å². The predicted molar refractivity (Wildman–Crippen MR) is 54.7 cm³/mol. The Bertz CT molecular complexity index is 414. The lowest BCUT2D eigenvalue weighted by molar-refractivity contribution is -0.305. The molecule has 0 aromatic heterocycles. The zero-order valence-corrected chi connectivity index (χ0v) is 8.43. The quantitative estimate of drug-likeness (QED) is 0.538. The minimum absolute atomic E-state index is 0.139. The summed E-state index contributed by atoms with van der Waals surface area (Å²) in [6, 6.07) is 6.41. The van der Waals surface area contributed by atoms with Crippen molar-refractivity contribution < 1.29 is 19.5 Å². The molecule has 1 aromatic rings. The lowest BCUT2D eigenvalue weighted by Crippen LogP contribution is -2.22. The highest BCUT2D eigenvalue weighted by Crippen LogP contribution is 2.16. The van der Waals surface area contributed by atoms with Crippen LogP contribution in [0.5, 0.6) is 0 Å². The maximum atomic E-state index is 11.6. The van der Waals surface area contributed by atoms with Crippen LogP contribution >= 0.6 is 0 Å². The predicted octanol–water partition coefficient (Wildman–Crippen LogP) is -0.0323. The number of hydrogen-bond acceptors (Lipinski definition) is 4. The fourth-order valence-corrected chi connectivity index (χ4v) is 1.27. The smallest absolute Gasteiger partial charge is 0.211 e. The Balaban J connectivity index is 2.81. The fourth-order valence-electron chi connectivity index (χ4n) is 1.27. The highest BCUT2D eigenvalue weighted by molar-refractivity contribution is 6.03. The van der Waals surface area contributed by atoms with Crippen molar-refractivity contribution in [3.63, 3.8) is 0 Å². The van der Waals surface area contributed by atoms with E-state index in [1.54, 1.807) is 18.2 Å². The van der Waals surface area contributed by atoms with Crippen molar-refractivity contribution in [3.8, 4) is 0 Å². The van der Waals surface area contributed by atoms with Crippen LogP contribution in [0.1, 0.15) is 23.2 Å².